The standard InChI is InChI=1S/C26H24BrFN4O5/c1-15-5-4-6-16(2)24(15)31-25(34)26(35)32-29-13-17-7-10-21(22(11-17)36-3)37-14-23(33)30-20-9-8-18(27)12-19(20)28/h4-13H,14H2,1-3H3,(H,30,33)(H,31,34)(H,32,35)/b29-13-. The number of anilines is 2. The second-order valence-electron chi connectivity index (χ2n) is 7.79. The molecule has 3 rings (SSSR count). The second kappa shape index (κ2) is 12.6. The number of amides is 3. The molecule has 0 aliphatic carbocycles. The SMILES string of the molecule is COc1cc(/C=N\NC(=O)C(=O)Nc2c(C)cccc2C)ccc1OCC(=O)Nc1ccc(Br)cc1F. The highest BCUT2D eigenvalue weighted by Crippen LogP contribution is 2.28. The maximum atomic E-state index is 13.9. The Hall–Kier alpha value is -4.25. The van der Waals surface area contributed by atoms with Crippen LogP contribution in [0.4, 0.5) is 15.8 Å². The van der Waals surface area contributed by atoms with Crippen molar-refractivity contribution >= 4 is 51.2 Å². The van der Waals surface area contributed by atoms with Crippen LogP contribution in [0.15, 0.2) is 64.2 Å². The molecule has 3 aromatic carbocycles. The van der Waals surface area contributed by atoms with Crippen molar-refractivity contribution in [2.24, 2.45) is 5.10 Å². The van der Waals surface area contributed by atoms with Crippen molar-refractivity contribution < 1.29 is 28.2 Å². The van der Waals surface area contributed by atoms with Crippen LogP contribution < -0.4 is 25.5 Å². The number of hydrogen-bond acceptors (Lipinski definition) is 6. The summed E-state index contributed by atoms with van der Waals surface area (Å²) in [6.07, 6.45) is 1.32. The average Bonchev–Trinajstić information content (AvgIpc) is 2.86. The first-order valence-corrected chi connectivity index (χ1v) is 11.7. The summed E-state index contributed by atoms with van der Waals surface area (Å²) in [5.41, 5.74) is 4.96. The highest BCUT2D eigenvalue weighted by Gasteiger charge is 2.15. The lowest BCUT2D eigenvalue weighted by atomic mass is 10.1. The van der Waals surface area contributed by atoms with E-state index < -0.39 is 23.5 Å². The molecule has 0 saturated heterocycles. The molecule has 0 saturated carbocycles. The quantitative estimate of drug-likeness (QED) is 0.212. The number of carbonyl (C=O) groups is 3. The first-order valence-electron chi connectivity index (χ1n) is 10.9. The minimum absolute atomic E-state index is 0.0279. The Morgan fingerprint density at radius 1 is 0.973 bits per heavy atom. The van der Waals surface area contributed by atoms with Crippen molar-refractivity contribution in [2.45, 2.75) is 13.8 Å². The summed E-state index contributed by atoms with van der Waals surface area (Å²) in [7, 11) is 1.42. The van der Waals surface area contributed by atoms with Gasteiger partial charge in [0.1, 0.15) is 5.82 Å². The molecule has 0 heterocycles. The minimum Gasteiger partial charge on any atom is -0.493 e. The Morgan fingerprint density at radius 3 is 2.38 bits per heavy atom. The molecular formula is C26H24BrFN4O5. The minimum atomic E-state index is -0.931. The van der Waals surface area contributed by atoms with Gasteiger partial charge in [-0.05, 0) is 66.9 Å². The second-order valence-corrected chi connectivity index (χ2v) is 8.71. The van der Waals surface area contributed by atoms with Gasteiger partial charge in [-0.2, -0.15) is 5.10 Å². The van der Waals surface area contributed by atoms with Crippen LogP contribution in [0.3, 0.4) is 0 Å². The normalized spacial score (nSPS) is 10.6. The molecule has 0 aromatic heterocycles. The number of hydrogen-bond donors (Lipinski definition) is 3. The Morgan fingerprint density at radius 2 is 1.70 bits per heavy atom. The van der Waals surface area contributed by atoms with E-state index in [-0.39, 0.29) is 18.0 Å². The van der Waals surface area contributed by atoms with Crippen molar-refractivity contribution in [1.29, 1.82) is 0 Å². The first-order chi connectivity index (χ1) is 17.7. The zero-order chi connectivity index (χ0) is 26.9. The van der Waals surface area contributed by atoms with Gasteiger partial charge >= 0.3 is 11.8 Å². The number of carbonyl (C=O) groups excluding carboxylic acids is 3. The molecule has 37 heavy (non-hydrogen) atoms. The van der Waals surface area contributed by atoms with Crippen molar-refractivity contribution in [3.63, 3.8) is 0 Å². The van der Waals surface area contributed by atoms with Gasteiger partial charge in [-0.25, -0.2) is 9.82 Å². The molecule has 192 valence electrons. The summed E-state index contributed by atoms with van der Waals surface area (Å²) in [4.78, 5) is 36.5. The fourth-order valence-electron chi connectivity index (χ4n) is 3.20. The Kier molecular flexibility index (Phi) is 9.33. The summed E-state index contributed by atoms with van der Waals surface area (Å²) in [6, 6.07) is 14.5. The summed E-state index contributed by atoms with van der Waals surface area (Å²) < 4.78 is 25.2. The maximum absolute atomic E-state index is 13.9. The van der Waals surface area contributed by atoms with E-state index in [1.165, 1.54) is 25.5 Å². The molecule has 11 heteroatoms. The van der Waals surface area contributed by atoms with Crippen molar-refractivity contribution in [2.75, 3.05) is 24.4 Å². The maximum Gasteiger partial charge on any atom is 0.329 e. The van der Waals surface area contributed by atoms with Crippen molar-refractivity contribution in [3.8, 4) is 11.5 Å². The highest BCUT2D eigenvalue weighted by atomic mass is 79.9. The van der Waals surface area contributed by atoms with Crippen LogP contribution in [0, 0.1) is 19.7 Å². The van der Waals surface area contributed by atoms with Gasteiger partial charge in [-0.1, -0.05) is 34.1 Å². The Balaban J connectivity index is 1.55. The van der Waals surface area contributed by atoms with Crippen LogP contribution in [0.2, 0.25) is 0 Å². The lowest BCUT2D eigenvalue weighted by molar-refractivity contribution is -0.136. The summed E-state index contributed by atoms with van der Waals surface area (Å²) >= 11 is 3.15. The van der Waals surface area contributed by atoms with E-state index in [2.05, 4.69) is 37.1 Å². The Bertz CT molecular complexity index is 1340. The molecule has 3 amide bonds. The zero-order valence-corrected chi connectivity index (χ0v) is 21.8. The van der Waals surface area contributed by atoms with Gasteiger partial charge in [-0.3, -0.25) is 14.4 Å². The number of para-hydroxylation sites is 1. The molecule has 0 aliphatic rings. The monoisotopic (exact) mass is 570 g/mol. The van der Waals surface area contributed by atoms with E-state index in [9.17, 15) is 18.8 Å². The number of hydrazone groups is 1. The van der Waals surface area contributed by atoms with Crippen LogP contribution >= 0.6 is 15.9 Å². The molecule has 0 atom stereocenters. The van der Waals surface area contributed by atoms with E-state index in [1.54, 1.807) is 24.3 Å². The predicted molar refractivity (Wildman–Crippen MR) is 142 cm³/mol. The van der Waals surface area contributed by atoms with Crippen LogP contribution in [-0.4, -0.2) is 37.7 Å². The molecule has 3 aromatic rings. The number of aryl methyl sites for hydroxylation is 2. The summed E-state index contributed by atoms with van der Waals surface area (Å²) in [6.45, 7) is 3.27. The van der Waals surface area contributed by atoms with E-state index in [1.807, 2.05) is 32.0 Å². The number of rotatable bonds is 8. The number of benzene rings is 3. The van der Waals surface area contributed by atoms with Gasteiger partial charge in [0.25, 0.3) is 5.91 Å². The summed E-state index contributed by atoms with van der Waals surface area (Å²) in [5.74, 6) is -2.36. The van der Waals surface area contributed by atoms with Crippen LogP contribution in [-0.2, 0) is 14.4 Å². The molecule has 0 fully saturated rings. The molecule has 0 unspecified atom stereocenters. The number of nitrogens with one attached hydrogen (secondary N) is 3. The number of ether oxygens (including phenoxy) is 2. The van der Waals surface area contributed by atoms with Crippen LogP contribution in [0.5, 0.6) is 11.5 Å². The van der Waals surface area contributed by atoms with Gasteiger partial charge < -0.3 is 20.1 Å². The molecule has 9 nitrogen and oxygen atoms in total. The van der Waals surface area contributed by atoms with Crippen LogP contribution in [0.25, 0.3) is 0 Å². The first kappa shape index (κ1) is 27.3. The van der Waals surface area contributed by atoms with Crippen molar-refractivity contribution in [1.82, 2.24) is 5.43 Å². The van der Waals surface area contributed by atoms with Crippen molar-refractivity contribution in [3.05, 3.63) is 81.6 Å². The van der Waals surface area contributed by atoms with E-state index in [0.29, 0.717) is 21.5 Å². The topological polar surface area (TPSA) is 118 Å². The molecule has 0 spiro atoms. The smallest absolute Gasteiger partial charge is 0.329 e. The number of halogens is 2. The number of methoxy groups -OCH3 is 1. The third-order valence-corrected chi connectivity index (χ3v) is 5.55. The average molecular weight is 571 g/mol. The third-order valence-electron chi connectivity index (χ3n) is 5.06. The highest BCUT2D eigenvalue weighted by molar-refractivity contribution is 9.10. The molecular weight excluding hydrogens is 547 g/mol. The largest absolute Gasteiger partial charge is 0.493 e. The van der Waals surface area contributed by atoms with Gasteiger partial charge in [0.2, 0.25) is 0 Å². The van der Waals surface area contributed by atoms with Gasteiger partial charge in [-0.15, -0.1) is 0 Å². The molecule has 0 bridgehead atoms. The van der Waals surface area contributed by atoms with Gasteiger partial charge in [0.15, 0.2) is 18.1 Å². The lowest BCUT2D eigenvalue weighted by Crippen LogP contribution is -2.32. The number of nitrogens with zero attached hydrogens (tertiary/aromatic N) is 1. The molecule has 0 radical (unpaired) electrons. The fourth-order valence-corrected chi connectivity index (χ4v) is 3.54. The lowest BCUT2D eigenvalue weighted by Gasteiger charge is -2.12. The third kappa shape index (κ3) is 7.61. The Labute approximate surface area is 221 Å². The van der Waals surface area contributed by atoms with Gasteiger partial charge in [0.05, 0.1) is 19.0 Å². The van der Waals surface area contributed by atoms with E-state index in [4.69, 9.17) is 9.47 Å². The van der Waals surface area contributed by atoms with Crippen LogP contribution in [0.1, 0.15) is 16.7 Å². The predicted octanol–water partition coefficient (Wildman–Crippen LogP) is 4.32. The van der Waals surface area contributed by atoms with E-state index in [0.717, 1.165) is 11.1 Å². The molecule has 0 aliphatic heterocycles. The van der Waals surface area contributed by atoms with E-state index >= 15 is 0 Å². The van der Waals surface area contributed by atoms with Gasteiger partial charge in [0, 0.05) is 10.2 Å². The molecule has 3 N–H and O–H groups in total. The zero-order valence-electron chi connectivity index (χ0n) is 20.2. The summed E-state index contributed by atoms with van der Waals surface area (Å²) in [5, 5.41) is 8.82. The fraction of sp³-hybridized carbons (Fsp3) is 0.154.